The highest BCUT2D eigenvalue weighted by Crippen LogP contribution is 2.24. The summed E-state index contributed by atoms with van der Waals surface area (Å²) in [5.74, 6) is 0.951. The van der Waals surface area contributed by atoms with E-state index in [1.54, 1.807) is 12.4 Å². The monoisotopic (exact) mass is 291 g/mol. The second-order valence-corrected chi connectivity index (χ2v) is 4.88. The van der Waals surface area contributed by atoms with Crippen LogP contribution in [0.25, 0.3) is 0 Å². The number of halogens is 1. The highest BCUT2D eigenvalue weighted by Gasteiger charge is 2.07. The molecule has 2 heterocycles. The Morgan fingerprint density at radius 1 is 1.29 bits per heavy atom. The van der Waals surface area contributed by atoms with Gasteiger partial charge >= 0.3 is 0 Å². The first-order valence-corrected chi connectivity index (χ1v) is 6.18. The molecule has 88 valence electrons. The van der Waals surface area contributed by atoms with Gasteiger partial charge in [0.25, 0.3) is 0 Å². The summed E-state index contributed by atoms with van der Waals surface area (Å²) in [4.78, 5) is 10.6. The predicted octanol–water partition coefficient (Wildman–Crippen LogP) is 3.18. The smallest absolute Gasteiger partial charge is 0.142 e. The summed E-state index contributed by atoms with van der Waals surface area (Å²) in [7, 11) is 2.03. The molecule has 17 heavy (non-hydrogen) atoms. The van der Waals surface area contributed by atoms with Gasteiger partial charge in [0.2, 0.25) is 0 Å². The van der Waals surface area contributed by atoms with E-state index >= 15 is 0 Å². The van der Waals surface area contributed by atoms with E-state index in [2.05, 4.69) is 36.9 Å². The van der Waals surface area contributed by atoms with E-state index in [4.69, 9.17) is 0 Å². The van der Waals surface area contributed by atoms with Gasteiger partial charge in [0, 0.05) is 32.2 Å². The maximum absolute atomic E-state index is 4.44. The zero-order valence-electron chi connectivity index (χ0n) is 9.89. The summed E-state index contributed by atoms with van der Waals surface area (Å²) < 4.78 is 1.02. The van der Waals surface area contributed by atoms with Gasteiger partial charge in [-0.15, -0.1) is 0 Å². The molecule has 4 heteroatoms. The molecule has 0 aliphatic carbocycles. The van der Waals surface area contributed by atoms with Gasteiger partial charge in [-0.05, 0) is 52.2 Å². The van der Waals surface area contributed by atoms with Gasteiger partial charge < -0.3 is 4.90 Å². The lowest BCUT2D eigenvalue weighted by Crippen LogP contribution is -2.18. The van der Waals surface area contributed by atoms with Gasteiger partial charge in [0.15, 0.2) is 0 Å². The molecule has 0 bridgehead atoms. The first-order valence-electron chi connectivity index (χ1n) is 5.39. The minimum atomic E-state index is 0.817. The molecule has 0 aliphatic rings. The van der Waals surface area contributed by atoms with Crippen molar-refractivity contribution in [2.24, 2.45) is 0 Å². The van der Waals surface area contributed by atoms with Crippen LogP contribution in [-0.4, -0.2) is 17.0 Å². The van der Waals surface area contributed by atoms with Crippen LogP contribution in [0, 0.1) is 6.92 Å². The van der Waals surface area contributed by atoms with E-state index in [1.165, 1.54) is 5.56 Å². The van der Waals surface area contributed by atoms with Crippen LogP contribution in [0.4, 0.5) is 5.82 Å². The Morgan fingerprint density at radius 2 is 2.00 bits per heavy atom. The Balaban J connectivity index is 2.17. The minimum Gasteiger partial charge on any atom is -0.354 e. The number of anilines is 1. The molecule has 0 fully saturated rings. The summed E-state index contributed by atoms with van der Waals surface area (Å²) in [6.45, 7) is 2.85. The summed E-state index contributed by atoms with van der Waals surface area (Å²) in [6.07, 6.45) is 5.49. The van der Waals surface area contributed by atoms with Crippen molar-refractivity contribution in [1.29, 1.82) is 0 Å². The molecule has 3 nitrogen and oxygen atoms in total. The molecule has 0 spiro atoms. The van der Waals surface area contributed by atoms with Crippen molar-refractivity contribution in [3.05, 3.63) is 52.4 Å². The van der Waals surface area contributed by atoms with Crippen LogP contribution in [0.3, 0.4) is 0 Å². The van der Waals surface area contributed by atoms with Crippen molar-refractivity contribution < 1.29 is 0 Å². The Kier molecular flexibility index (Phi) is 3.74. The number of nitrogens with zero attached hydrogens (tertiary/aromatic N) is 3. The lowest BCUT2D eigenvalue weighted by molar-refractivity contribution is 0.890. The van der Waals surface area contributed by atoms with Crippen LogP contribution in [0.2, 0.25) is 0 Å². The van der Waals surface area contributed by atoms with Crippen molar-refractivity contribution in [3.63, 3.8) is 0 Å². The Bertz CT molecular complexity index is 499. The molecule has 0 aliphatic heterocycles. The fourth-order valence-electron chi connectivity index (χ4n) is 1.64. The number of hydrogen-bond donors (Lipinski definition) is 0. The van der Waals surface area contributed by atoms with E-state index in [0.29, 0.717) is 0 Å². The molecular weight excluding hydrogens is 278 g/mol. The fraction of sp³-hybridized carbons (Fsp3) is 0.231. The normalized spacial score (nSPS) is 10.3. The second kappa shape index (κ2) is 5.27. The molecule has 0 saturated heterocycles. The molecular formula is C13H14BrN3. The zero-order chi connectivity index (χ0) is 12.3. The molecule has 0 aromatic carbocycles. The lowest BCUT2D eigenvalue weighted by atomic mass is 10.2. The molecule has 2 aromatic rings. The van der Waals surface area contributed by atoms with Crippen LogP contribution in [-0.2, 0) is 6.54 Å². The van der Waals surface area contributed by atoms with Crippen molar-refractivity contribution in [1.82, 2.24) is 9.97 Å². The number of aromatic nitrogens is 2. The molecule has 0 N–H and O–H groups in total. The predicted molar refractivity (Wildman–Crippen MR) is 73.0 cm³/mol. The summed E-state index contributed by atoms with van der Waals surface area (Å²) in [6, 6.07) is 6.10. The third kappa shape index (κ3) is 3.03. The molecule has 2 rings (SSSR count). The molecule has 0 radical (unpaired) electrons. The van der Waals surface area contributed by atoms with Crippen molar-refractivity contribution in [2.75, 3.05) is 11.9 Å². The fourth-order valence-corrected chi connectivity index (χ4v) is 2.41. The maximum atomic E-state index is 4.44. The standard InChI is InChI=1S/C13H14BrN3/c1-10-7-12(14)13(16-8-10)17(2)9-11-3-5-15-6-4-11/h3-8H,9H2,1-2H3. The third-order valence-corrected chi connectivity index (χ3v) is 3.07. The average molecular weight is 292 g/mol. The van der Waals surface area contributed by atoms with Gasteiger partial charge in [-0.25, -0.2) is 4.98 Å². The van der Waals surface area contributed by atoms with Gasteiger partial charge in [-0.1, -0.05) is 0 Å². The average Bonchev–Trinajstić information content (AvgIpc) is 2.30. The summed E-state index contributed by atoms with van der Waals surface area (Å²) in [5, 5.41) is 0. The molecule has 0 amide bonds. The third-order valence-electron chi connectivity index (χ3n) is 2.49. The zero-order valence-corrected chi connectivity index (χ0v) is 11.5. The minimum absolute atomic E-state index is 0.817. The molecule has 0 saturated carbocycles. The van der Waals surface area contributed by atoms with Crippen molar-refractivity contribution in [2.45, 2.75) is 13.5 Å². The van der Waals surface area contributed by atoms with Crippen LogP contribution < -0.4 is 4.90 Å². The summed E-state index contributed by atoms with van der Waals surface area (Å²) >= 11 is 3.54. The number of pyridine rings is 2. The maximum Gasteiger partial charge on any atom is 0.142 e. The molecule has 2 aromatic heterocycles. The van der Waals surface area contributed by atoms with Crippen LogP contribution in [0.5, 0.6) is 0 Å². The van der Waals surface area contributed by atoms with Crippen LogP contribution >= 0.6 is 15.9 Å². The number of aryl methyl sites for hydroxylation is 1. The molecule has 0 atom stereocenters. The van der Waals surface area contributed by atoms with Crippen LogP contribution in [0.15, 0.2) is 41.3 Å². The van der Waals surface area contributed by atoms with E-state index in [0.717, 1.165) is 22.4 Å². The van der Waals surface area contributed by atoms with E-state index in [9.17, 15) is 0 Å². The SMILES string of the molecule is Cc1cnc(N(C)Cc2ccncc2)c(Br)c1. The van der Waals surface area contributed by atoms with Gasteiger partial charge in [-0.3, -0.25) is 4.98 Å². The number of hydrogen-bond acceptors (Lipinski definition) is 3. The van der Waals surface area contributed by atoms with Gasteiger partial charge in [0.05, 0.1) is 4.47 Å². The topological polar surface area (TPSA) is 29.0 Å². The van der Waals surface area contributed by atoms with Crippen molar-refractivity contribution >= 4 is 21.7 Å². The first-order chi connectivity index (χ1) is 8.16. The van der Waals surface area contributed by atoms with E-state index in [-0.39, 0.29) is 0 Å². The quantitative estimate of drug-likeness (QED) is 0.870. The van der Waals surface area contributed by atoms with Gasteiger partial charge in [0.1, 0.15) is 5.82 Å². The molecule has 0 unspecified atom stereocenters. The number of rotatable bonds is 3. The Hall–Kier alpha value is -1.42. The highest BCUT2D eigenvalue weighted by molar-refractivity contribution is 9.10. The highest BCUT2D eigenvalue weighted by atomic mass is 79.9. The van der Waals surface area contributed by atoms with Crippen LogP contribution in [0.1, 0.15) is 11.1 Å². The van der Waals surface area contributed by atoms with Crippen molar-refractivity contribution in [3.8, 4) is 0 Å². The Morgan fingerprint density at radius 3 is 2.65 bits per heavy atom. The summed E-state index contributed by atoms with van der Waals surface area (Å²) in [5.41, 5.74) is 2.37. The first kappa shape index (κ1) is 12.0. The second-order valence-electron chi connectivity index (χ2n) is 4.03. The van der Waals surface area contributed by atoms with E-state index < -0.39 is 0 Å². The lowest BCUT2D eigenvalue weighted by Gasteiger charge is -2.19. The Labute approximate surface area is 110 Å². The van der Waals surface area contributed by atoms with Gasteiger partial charge in [-0.2, -0.15) is 0 Å². The largest absolute Gasteiger partial charge is 0.354 e. The van der Waals surface area contributed by atoms with E-state index in [1.807, 2.05) is 32.3 Å².